The molecule has 1 N–H and O–H groups in total. The molecule has 1 aliphatic heterocycles. The van der Waals surface area contributed by atoms with E-state index in [9.17, 15) is 18.8 Å². The highest BCUT2D eigenvalue weighted by atomic mass is 19.1. The van der Waals surface area contributed by atoms with Crippen LogP contribution in [-0.4, -0.2) is 46.8 Å². The first-order chi connectivity index (χ1) is 15.0. The van der Waals surface area contributed by atoms with Gasteiger partial charge in [-0.3, -0.25) is 19.5 Å². The second kappa shape index (κ2) is 8.28. The van der Waals surface area contributed by atoms with E-state index in [0.29, 0.717) is 43.1 Å². The number of H-pyrrole nitrogens is 1. The van der Waals surface area contributed by atoms with Gasteiger partial charge < -0.3 is 9.80 Å². The second-order valence-electron chi connectivity index (χ2n) is 7.09. The van der Waals surface area contributed by atoms with Gasteiger partial charge in [0, 0.05) is 43.9 Å². The van der Waals surface area contributed by atoms with Gasteiger partial charge in [-0.15, -0.1) is 0 Å². The Labute approximate surface area is 176 Å². The summed E-state index contributed by atoms with van der Waals surface area (Å²) < 4.78 is 15.4. The van der Waals surface area contributed by atoms with Gasteiger partial charge >= 0.3 is 0 Å². The first kappa shape index (κ1) is 20.1. The molecule has 1 aliphatic rings. The van der Waals surface area contributed by atoms with Gasteiger partial charge in [0.2, 0.25) is 0 Å². The fourth-order valence-electron chi connectivity index (χ4n) is 3.56. The molecule has 0 saturated carbocycles. The summed E-state index contributed by atoms with van der Waals surface area (Å²) in [4.78, 5) is 40.1. The Morgan fingerprint density at radius 3 is 2.48 bits per heavy atom. The number of piperazine rings is 1. The molecule has 0 unspecified atom stereocenters. The Bertz CT molecular complexity index is 1300. The summed E-state index contributed by atoms with van der Waals surface area (Å²) in [5, 5.41) is 11.3. The van der Waals surface area contributed by atoms with Crippen LogP contribution in [0.2, 0.25) is 0 Å². The van der Waals surface area contributed by atoms with Gasteiger partial charge in [0.25, 0.3) is 17.0 Å². The Morgan fingerprint density at radius 1 is 1.00 bits per heavy atom. The van der Waals surface area contributed by atoms with Crippen molar-refractivity contribution in [3.8, 4) is 11.8 Å². The maximum absolute atomic E-state index is 14.3. The van der Waals surface area contributed by atoms with Crippen LogP contribution >= 0.6 is 0 Å². The minimum atomic E-state index is -0.464. The third kappa shape index (κ3) is 4.09. The van der Waals surface area contributed by atoms with Crippen molar-refractivity contribution < 1.29 is 9.18 Å². The smallest absolute Gasteiger partial charge is 0.269 e. The molecule has 1 amide bonds. The van der Waals surface area contributed by atoms with Gasteiger partial charge in [0.05, 0.1) is 23.0 Å². The first-order valence-electron chi connectivity index (χ1n) is 9.63. The number of anilines is 1. The van der Waals surface area contributed by atoms with Crippen LogP contribution in [0.3, 0.4) is 0 Å². The van der Waals surface area contributed by atoms with Crippen molar-refractivity contribution in [1.82, 2.24) is 14.7 Å². The number of aromatic nitrogens is 2. The quantitative estimate of drug-likeness (QED) is 0.693. The Kier molecular flexibility index (Phi) is 5.37. The molecular weight excluding hydrogens is 401 g/mol. The molecule has 0 spiro atoms. The zero-order valence-electron chi connectivity index (χ0n) is 16.4. The van der Waals surface area contributed by atoms with Gasteiger partial charge in [0.15, 0.2) is 0 Å². The summed E-state index contributed by atoms with van der Waals surface area (Å²) in [7, 11) is 0. The summed E-state index contributed by atoms with van der Waals surface area (Å²) in [5.41, 5.74) is 0.581. The van der Waals surface area contributed by atoms with E-state index in [4.69, 9.17) is 5.26 Å². The van der Waals surface area contributed by atoms with Crippen molar-refractivity contribution in [2.24, 2.45) is 0 Å². The maximum Gasteiger partial charge on any atom is 0.269 e. The topological polar surface area (TPSA) is 102 Å². The van der Waals surface area contributed by atoms with Crippen LogP contribution in [0.1, 0.15) is 15.9 Å². The average Bonchev–Trinajstić information content (AvgIpc) is 2.80. The summed E-state index contributed by atoms with van der Waals surface area (Å²) in [6.07, 6.45) is 0. The van der Waals surface area contributed by atoms with E-state index < -0.39 is 16.9 Å². The summed E-state index contributed by atoms with van der Waals surface area (Å²) in [6, 6.07) is 15.0. The minimum absolute atomic E-state index is 0.215. The number of carbonyl (C=O) groups is 1. The highest BCUT2D eigenvalue weighted by Crippen LogP contribution is 2.22. The number of nitriles is 1. The number of carbonyl (C=O) groups excluding carboxylic acids is 1. The number of halogens is 1. The lowest BCUT2D eigenvalue weighted by molar-refractivity contribution is 0.0746. The lowest BCUT2D eigenvalue weighted by Crippen LogP contribution is -2.49. The molecule has 0 aliphatic carbocycles. The van der Waals surface area contributed by atoms with E-state index in [0.717, 1.165) is 16.8 Å². The van der Waals surface area contributed by atoms with Crippen LogP contribution in [0.15, 0.2) is 64.2 Å². The molecule has 1 saturated heterocycles. The van der Waals surface area contributed by atoms with Crippen molar-refractivity contribution in [2.45, 2.75) is 0 Å². The standard InChI is InChI=1S/C22H18FN5O3/c23-18-12-15(14-24)4-5-19(18)26-8-10-27(11-9-26)22(31)16-2-1-3-17(13-16)28-21(30)7-6-20(29)25-28/h1-7,12-13H,8-11H2,(H,25,29). The SMILES string of the molecule is N#Cc1ccc(N2CCN(C(=O)c3cccc(-n4[nH]c(=O)ccc4=O)c3)CC2)c(F)c1. The molecule has 2 aromatic carbocycles. The molecule has 4 rings (SSSR count). The van der Waals surface area contributed by atoms with E-state index in [-0.39, 0.29) is 11.5 Å². The highest BCUT2D eigenvalue weighted by Gasteiger charge is 2.24. The van der Waals surface area contributed by atoms with Crippen LogP contribution in [-0.2, 0) is 0 Å². The molecule has 3 aromatic rings. The molecule has 31 heavy (non-hydrogen) atoms. The molecule has 0 radical (unpaired) electrons. The number of nitrogens with zero attached hydrogens (tertiary/aromatic N) is 4. The van der Waals surface area contributed by atoms with Gasteiger partial charge in [-0.2, -0.15) is 5.26 Å². The van der Waals surface area contributed by atoms with Gasteiger partial charge in [-0.1, -0.05) is 6.07 Å². The number of aromatic amines is 1. The molecular formula is C22H18FN5O3. The number of nitrogens with one attached hydrogen (secondary N) is 1. The van der Waals surface area contributed by atoms with E-state index in [1.165, 1.54) is 6.07 Å². The number of amides is 1. The summed E-state index contributed by atoms with van der Waals surface area (Å²) >= 11 is 0. The molecule has 8 nitrogen and oxygen atoms in total. The number of hydrogen-bond acceptors (Lipinski definition) is 5. The molecule has 0 atom stereocenters. The Hall–Kier alpha value is -4.19. The van der Waals surface area contributed by atoms with Crippen LogP contribution in [0.25, 0.3) is 5.69 Å². The first-order valence-corrected chi connectivity index (χ1v) is 9.63. The summed E-state index contributed by atoms with van der Waals surface area (Å²) in [5.74, 6) is -0.679. The highest BCUT2D eigenvalue weighted by molar-refractivity contribution is 5.95. The van der Waals surface area contributed by atoms with Gasteiger partial charge in [-0.25, -0.2) is 9.07 Å². The zero-order valence-corrected chi connectivity index (χ0v) is 16.4. The van der Waals surface area contributed by atoms with Gasteiger partial charge in [0.1, 0.15) is 5.82 Å². The van der Waals surface area contributed by atoms with E-state index in [1.807, 2.05) is 11.0 Å². The third-order valence-corrected chi connectivity index (χ3v) is 5.16. The summed E-state index contributed by atoms with van der Waals surface area (Å²) in [6.45, 7) is 1.68. The molecule has 2 heterocycles. The van der Waals surface area contributed by atoms with Crippen LogP contribution in [0, 0.1) is 17.1 Å². The number of rotatable bonds is 3. The second-order valence-corrected chi connectivity index (χ2v) is 7.09. The lowest BCUT2D eigenvalue weighted by Gasteiger charge is -2.36. The maximum atomic E-state index is 14.3. The Balaban J connectivity index is 1.49. The van der Waals surface area contributed by atoms with Crippen LogP contribution in [0.4, 0.5) is 10.1 Å². The molecule has 0 bridgehead atoms. The van der Waals surface area contributed by atoms with Crippen molar-refractivity contribution in [2.75, 3.05) is 31.1 Å². The predicted molar refractivity (Wildman–Crippen MR) is 112 cm³/mol. The fraction of sp³-hybridized carbons (Fsp3) is 0.182. The average molecular weight is 419 g/mol. The molecule has 156 valence electrons. The lowest BCUT2D eigenvalue weighted by atomic mass is 10.1. The third-order valence-electron chi connectivity index (χ3n) is 5.16. The largest absolute Gasteiger partial charge is 0.366 e. The molecule has 1 fully saturated rings. The monoisotopic (exact) mass is 419 g/mol. The Morgan fingerprint density at radius 2 is 1.77 bits per heavy atom. The van der Waals surface area contributed by atoms with Gasteiger partial charge in [-0.05, 0) is 36.4 Å². The van der Waals surface area contributed by atoms with E-state index in [1.54, 1.807) is 41.3 Å². The van der Waals surface area contributed by atoms with Crippen molar-refractivity contribution in [3.05, 3.63) is 92.2 Å². The predicted octanol–water partition coefficient (Wildman–Crippen LogP) is 1.50. The zero-order chi connectivity index (χ0) is 22.0. The normalized spacial score (nSPS) is 13.7. The van der Waals surface area contributed by atoms with E-state index >= 15 is 0 Å². The number of benzene rings is 2. The minimum Gasteiger partial charge on any atom is -0.366 e. The molecule has 1 aromatic heterocycles. The number of hydrogen-bond donors (Lipinski definition) is 1. The van der Waals surface area contributed by atoms with Crippen molar-refractivity contribution >= 4 is 11.6 Å². The fourth-order valence-corrected chi connectivity index (χ4v) is 3.56. The van der Waals surface area contributed by atoms with Crippen LogP contribution < -0.4 is 16.0 Å². The van der Waals surface area contributed by atoms with E-state index in [2.05, 4.69) is 5.10 Å². The van der Waals surface area contributed by atoms with Crippen LogP contribution in [0.5, 0.6) is 0 Å². The van der Waals surface area contributed by atoms with Crippen molar-refractivity contribution in [3.63, 3.8) is 0 Å². The molecule has 9 heteroatoms. The van der Waals surface area contributed by atoms with Crippen molar-refractivity contribution in [1.29, 1.82) is 5.26 Å².